The molecule has 0 atom stereocenters. The largest absolute Gasteiger partial charge is 0.356 e. The Labute approximate surface area is 125 Å². The maximum absolute atomic E-state index is 11.8. The first-order valence-electron chi connectivity index (χ1n) is 7.88. The van der Waals surface area contributed by atoms with E-state index in [0.717, 1.165) is 24.8 Å². The number of nitrogens with zero attached hydrogens (tertiary/aromatic N) is 2. The summed E-state index contributed by atoms with van der Waals surface area (Å²) in [4.78, 5) is 16.2. The summed E-state index contributed by atoms with van der Waals surface area (Å²) in [6.07, 6.45) is 6.09. The summed E-state index contributed by atoms with van der Waals surface area (Å²) in [5, 5.41) is 3.04. The molecule has 1 saturated carbocycles. The zero-order chi connectivity index (χ0) is 14.8. The molecule has 3 rings (SSSR count). The molecule has 1 heterocycles. The molecule has 1 N–H and O–H groups in total. The summed E-state index contributed by atoms with van der Waals surface area (Å²) in [5.41, 5.74) is 3.43. The van der Waals surface area contributed by atoms with Gasteiger partial charge in [-0.3, -0.25) is 4.79 Å². The van der Waals surface area contributed by atoms with Crippen molar-refractivity contribution in [2.75, 3.05) is 6.54 Å². The van der Waals surface area contributed by atoms with Crippen molar-refractivity contribution in [3.05, 3.63) is 30.1 Å². The third-order valence-electron chi connectivity index (χ3n) is 4.38. The van der Waals surface area contributed by atoms with Crippen LogP contribution in [-0.2, 0) is 11.2 Å². The Hall–Kier alpha value is -1.84. The average molecular weight is 285 g/mol. The van der Waals surface area contributed by atoms with Crippen molar-refractivity contribution in [1.29, 1.82) is 0 Å². The van der Waals surface area contributed by atoms with Gasteiger partial charge in [0.25, 0.3) is 0 Å². The maximum atomic E-state index is 11.8. The van der Waals surface area contributed by atoms with Gasteiger partial charge in [-0.15, -0.1) is 0 Å². The predicted octanol–water partition coefficient (Wildman–Crippen LogP) is 3.08. The Kier molecular flexibility index (Phi) is 3.95. The lowest BCUT2D eigenvalue weighted by molar-refractivity contribution is -0.127. The van der Waals surface area contributed by atoms with E-state index in [-0.39, 0.29) is 11.8 Å². The van der Waals surface area contributed by atoms with Crippen molar-refractivity contribution in [1.82, 2.24) is 14.9 Å². The second-order valence-corrected chi connectivity index (χ2v) is 6.24. The molecule has 2 aromatic rings. The molecule has 0 radical (unpaired) electrons. The smallest absolute Gasteiger partial charge is 0.223 e. The number of nitrogens with one attached hydrogen (secondary N) is 1. The lowest BCUT2D eigenvalue weighted by atomic mass is 9.85. The Morgan fingerprint density at radius 1 is 1.43 bits per heavy atom. The fourth-order valence-electron chi connectivity index (χ4n) is 2.79. The highest BCUT2D eigenvalue weighted by Crippen LogP contribution is 2.26. The van der Waals surface area contributed by atoms with Gasteiger partial charge in [0.05, 0.1) is 17.4 Å². The molecular formula is C17H23N3O. The van der Waals surface area contributed by atoms with Crippen LogP contribution >= 0.6 is 0 Å². The van der Waals surface area contributed by atoms with Crippen LogP contribution in [0.5, 0.6) is 0 Å². The van der Waals surface area contributed by atoms with Gasteiger partial charge >= 0.3 is 0 Å². The second-order valence-electron chi connectivity index (χ2n) is 6.24. The van der Waals surface area contributed by atoms with Gasteiger partial charge in [-0.1, -0.05) is 12.5 Å². The Morgan fingerprint density at radius 3 is 2.90 bits per heavy atom. The third kappa shape index (κ3) is 2.94. The monoisotopic (exact) mass is 285 g/mol. The van der Waals surface area contributed by atoms with Crippen LogP contribution in [-0.4, -0.2) is 22.0 Å². The van der Waals surface area contributed by atoms with E-state index in [4.69, 9.17) is 0 Å². The van der Waals surface area contributed by atoms with E-state index < -0.39 is 0 Å². The van der Waals surface area contributed by atoms with Gasteiger partial charge in [0.1, 0.15) is 0 Å². The molecule has 1 aliphatic carbocycles. The normalized spacial score (nSPS) is 15.4. The van der Waals surface area contributed by atoms with Crippen LogP contribution in [0.15, 0.2) is 24.5 Å². The number of imidazole rings is 1. The summed E-state index contributed by atoms with van der Waals surface area (Å²) in [6, 6.07) is 6.82. The van der Waals surface area contributed by atoms with E-state index >= 15 is 0 Å². The zero-order valence-corrected chi connectivity index (χ0v) is 12.8. The Bertz CT molecular complexity index is 641. The van der Waals surface area contributed by atoms with Crippen LogP contribution in [0.2, 0.25) is 0 Å². The molecule has 0 saturated heterocycles. The highest BCUT2D eigenvalue weighted by Gasteiger charge is 2.24. The van der Waals surface area contributed by atoms with Gasteiger partial charge in [0.15, 0.2) is 0 Å². The first-order chi connectivity index (χ1) is 10.1. The standard InChI is InChI=1S/C17H23N3O/c1-12(2)20-11-19-15-10-13(6-7-16(15)20)8-9-18-17(21)14-4-3-5-14/h6-7,10-12,14H,3-5,8-9H2,1-2H3,(H,18,21). The van der Waals surface area contributed by atoms with Crippen LogP contribution in [0.25, 0.3) is 11.0 Å². The number of aromatic nitrogens is 2. The van der Waals surface area contributed by atoms with E-state index in [0.29, 0.717) is 12.6 Å². The van der Waals surface area contributed by atoms with Crippen LogP contribution < -0.4 is 5.32 Å². The average Bonchev–Trinajstić information content (AvgIpc) is 2.79. The molecule has 112 valence electrons. The number of fused-ring (bicyclic) bond motifs is 1. The number of amides is 1. The summed E-state index contributed by atoms with van der Waals surface area (Å²) in [6.45, 7) is 5.03. The third-order valence-corrected chi connectivity index (χ3v) is 4.38. The SMILES string of the molecule is CC(C)n1cnc2cc(CCNC(=O)C3CCC3)ccc21. The highest BCUT2D eigenvalue weighted by molar-refractivity contribution is 5.79. The number of carbonyl (C=O) groups is 1. The molecule has 21 heavy (non-hydrogen) atoms. The Morgan fingerprint density at radius 2 is 2.24 bits per heavy atom. The van der Waals surface area contributed by atoms with Gasteiger partial charge < -0.3 is 9.88 Å². The van der Waals surface area contributed by atoms with E-state index in [2.05, 4.69) is 46.9 Å². The van der Waals surface area contributed by atoms with Gasteiger partial charge in [-0.05, 0) is 50.8 Å². The molecule has 4 heteroatoms. The van der Waals surface area contributed by atoms with E-state index in [1.807, 2.05) is 6.33 Å². The number of carbonyl (C=O) groups excluding carboxylic acids is 1. The van der Waals surface area contributed by atoms with Crippen molar-refractivity contribution < 1.29 is 4.79 Å². The Balaban J connectivity index is 1.61. The molecule has 0 unspecified atom stereocenters. The van der Waals surface area contributed by atoms with Gasteiger partial charge in [0.2, 0.25) is 5.91 Å². The van der Waals surface area contributed by atoms with Crippen molar-refractivity contribution in [2.24, 2.45) is 5.92 Å². The van der Waals surface area contributed by atoms with Gasteiger partial charge in [-0.2, -0.15) is 0 Å². The number of rotatable bonds is 5. The quantitative estimate of drug-likeness (QED) is 0.917. The fourth-order valence-corrected chi connectivity index (χ4v) is 2.79. The van der Waals surface area contributed by atoms with Gasteiger partial charge in [-0.25, -0.2) is 4.98 Å². The summed E-state index contributed by atoms with van der Waals surface area (Å²) in [7, 11) is 0. The number of hydrogen-bond donors (Lipinski definition) is 1. The first kappa shape index (κ1) is 14.1. The van der Waals surface area contributed by atoms with E-state index in [1.54, 1.807) is 0 Å². The highest BCUT2D eigenvalue weighted by atomic mass is 16.1. The molecule has 4 nitrogen and oxygen atoms in total. The topological polar surface area (TPSA) is 46.9 Å². The van der Waals surface area contributed by atoms with Crippen LogP contribution in [0, 0.1) is 5.92 Å². The molecule has 0 aliphatic heterocycles. The molecule has 1 aliphatic rings. The first-order valence-corrected chi connectivity index (χ1v) is 7.88. The molecule has 1 fully saturated rings. The summed E-state index contributed by atoms with van der Waals surface area (Å²) in [5.74, 6) is 0.501. The minimum atomic E-state index is 0.228. The number of benzene rings is 1. The predicted molar refractivity (Wildman–Crippen MR) is 84.2 cm³/mol. The molecule has 1 aromatic heterocycles. The zero-order valence-electron chi connectivity index (χ0n) is 12.8. The molecule has 0 spiro atoms. The van der Waals surface area contributed by atoms with Gasteiger partial charge in [0, 0.05) is 18.5 Å². The molecule has 1 amide bonds. The lowest BCUT2D eigenvalue weighted by Crippen LogP contribution is -2.35. The summed E-state index contributed by atoms with van der Waals surface area (Å²) < 4.78 is 2.18. The van der Waals surface area contributed by atoms with E-state index in [9.17, 15) is 4.79 Å². The van der Waals surface area contributed by atoms with Crippen LogP contribution in [0.3, 0.4) is 0 Å². The minimum Gasteiger partial charge on any atom is -0.356 e. The molecule has 1 aromatic carbocycles. The van der Waals surface area contributed by atoms with Crippen molar-refractivity contribution in [3.63, 3.8) is 0 Å². The van der Waals surface area contributed by atoms with E-state index in [1.165, 1.54) is 17.5 Å². The summed E-state index contributed by atoms with van der Waals surface area (Å²) >= 11 is 0. The second kappa shape index (κ2) is 5.88. The van der Waals surface area contributed by atoms with Crippen LogP contribution in [0.1, 0.15) is 44.7 Å². The van der Waals surface area contributed by atoms with Crippen molar-refractivity contribution in [2.45, 2.75) is 45.6 Å². The minimum absolute atomic E-state index is 0.228. The van der Waals surface area contributed by atoms with Crippen molar-refractivity contribution in [3.8, 4) is 0 Å². The van der Waals surface area contributed by atoms with Crippen molar-refractivity contribution >= 4 is 16.9 Å². The van der Waals surface area contributed by atoms with Crippen LogP contribution in [0.4, 0.5) is 0 Å². The molecular weight excluding hydrogens is 262 g/mol. The maximum Gasteiger partial charge on any atom is 0.223 e. The number of hydrogen-bond acceptors (Lipinski definition) is 2. The lowest BCUT2D eigenvalue weighted by Gasteiger charge is -2.24. The molecule has 0 bridgehead atoms. The fraction of sp³-hybridized carbons (Fsp3) is 0.529.